The average molecular weight is 218 g/mol. The Labute approximate surface area is 94.5 Å². The van der Waals surface area contributed by atoms with Crippen LogP contribution in [0.2, 0.25) is 0 Å². The lowest BCUT2D eigenvalue weighted by Gasteiger charge is -2.06. The van der Waals surface area contributed by atoms with Crippen LogP contribution in [0.3, 0.4) is 0 Å². The fourth-order valence-electron chi connectivity index (χ4n) is 1.98. The largest absolute Gasteiger partial charge is 0.396 e. The lowest BCUT2D eigenvalue weighted by atomic mass is 10.00. The summed E-state index contributed by atoms with van der Waals surface area (Å²) in [6, 6.07) is 10.9. The van der Waals surface area contributed by atoms with E-state index in [9.17, 15) is 4.39 Å². The molecule has 2 aromatic carbocycles. The molecule has 0 unspecified atom stereocenters. The molecule has 84 valence electrons. The molecule has 0 aliphatic rings. The molecule has 16 heavy (non-hydrogen) atoms. The van der Waals surface area contributed by atoms with Gasteiger partial charge in [0.2, 0.25) is 0 Å². The maximum absolute atomic E-state index is 13.5. The Kier molecular flexibility index (Phi) is 3.52. The summed E-state index contributed by atoms with van der Waals surface area (Å²) in [5.41, 5.74) is 1.16. The Morgan fingerprint density at radius 3 is 2.50 bits per heavy atom. The number of hydrogen-bond acceptors (Lipinski definition) is 1. The van der Waals surface area contributed by atoms with Crippen molar-refractivity contribution in [2.24, 2.45) is 0 Å². The molecule has 0 saturated heterocycles. The third-order valence-corrected chi connectivity index (χ3v) is 2.81. The summed E-state index contributed by atoms with van der Waals surface area (Å²) in [4.78, 5) is 0. The summed E-state index contributed by atoms with van der Waals surface area (Å²) >= 11 is 0. The maximum Gasteiger partial charge on any atom is 0.131 e. The van der Waals surface area contributed by atoms with Crippen LogP contribution in [-0.4, -0.2) is 11.7 Å². The Balaban J connectivity index is 2.34. The van der Waals surface area contributed by atoms with Crippen LogP contribution in [0.25, 0.3) is 10.8 Å². The van der Waals surface area contributed by atoms with E-state index in [-0.39, 0.29) is 12.4 Å². The number of aliphatic hydroxyl groups is 1. The highest BCUT2D eigenvalue weighted by atomic mass is 19.1. The van der Waals surface area contributed by atoms with Crippen molar-refractivity contribution < 1.29 is 9.50 Å². The van der Waals surface area contributed by atoms with Gasteiger partial charge in [-0.2, -0.15) is 0 Å². The van der Waals surface area contributed by atoms with Gasteiger partial charge in [-0.1, -0.05) is 30.3 Å². The van der Waals surface area contributed by atoms with Gasteiger partial charge in [-0.05, 0) is 36.3 Å². The third kappa shape index (κ3) is 2.22. The number of fused-ring (bicyclic) bond motifs is 1. The van der Waals surface area contributed by atoms with Gasteiger partial charge in [0.05, 0.1) is 0 Å². The first kappa shape index (κ1) is 11.1. The molecule has 0 aliphatic heterocycles. The van der Waals surface area contributed by atoms with E-state index in [1.807, 2.05) is 18.2 Å². The number of hydrogen-bond donors (Lipinski definition) is 1. The van der Waals surface area contributed by atoms with Crippen molar-refractivity contribution >= 4 is 10.8 Å². The molecule has 1 nitrogen and oxygen atoms in total. The summed E-state index contributed by atoms with van der Waals surface area (Å²) in [6.45, 7) is 0.221. The molecule has 0 atom stereocenters. The molecule has 0 amide bonds. The van der Waals surface area contributed by atoms with E-state index in [1.54, 1.807) is 12.1 Å². The zero-order valence-corrected chi connectivity index (χ0v) is 9.12. The average Bonchev–Trinajstić information content (AvgIpc) is 2.31. The van der Waals surface area contributed by atoms with Crippen LogP contribution in [0.4, 0.5) is 4.39 Å². The first-order chi connectivity index (χ1) is 7.83. The quantitative estimate of drug-likeness (QED) is 0.781. The standard InChI is InChI=1S/C14H15FO/c15-14-9-4-7-12-11(5-1-2-10-16)6-3-8-13(12)14/h3-4,6-9,16H,1-2,5,10H2. The molecule has 0 saturated carbocycles. The van der Waals surface area contributed by atoms with Crippen LogP contribution in [0.5, 0.6) is 0 Å². The minimum Gasteiger partial charge on any atom is -0.396 e. The third-order valence-electron chi connectivity index (χ3n) is 2.81. The summed E-state index contributed by atoms with van der Waals surface area (Å²) in [6.07, 6.45) is 2.62. The van der Waals surface area contributed by atoms with Gasteiger partial charge in [0.15, 0.2) is 0 Å². The fraction of sp³-hybridized carbons (Fsp3) is 0.286. The van der Waals surface area contributed by atoms with E-state index >= 15 is 0 Å². The van der Waals surface area contributed by atoms with Gasteiger partial charge < -0.3 is 5.11 Å². The summed E-state index contributed by atoms with van der Waals surface area (Å²) < 4.78 is 13.5. The van der Waals surface area contributed by atoms with Crippen LogP contribution in [0, 0.1) is 5.82 Å². The number of halogens is 1. The molecular formula is C14H15FO. The Morgan fingerprint density at radius 2 is 1.69 bits per heavy atom. The van der Waals surface area contributed by atoms with Gasteiger partial charge in [-0.3, -0.25) is 0 Å². The molecule has 0 radical (unpaired) electrons. The van der Waals surface area contributed by atoms with Crippen LogP contribution in [-0.2, 0) is 6.42 Å². The zero-order chi connectivity index (χ0) is 11.4. The minimum absolute atomic E-state index is 0.165. The first-order valence-corrected chi connectivity index (χ1v) is 5.60. The maximum atomic E-state index is 13.5. The lowest BCUT2D eigenvalue weighted by Crippen LogP contribution is -1.91. The van der Waals surface area contributed by atoms with Gasteiger partial charge in [0.1, 0.15) is 5.82 Å². The van der Waals surface area contributed by atoms with E-state index in [1.165, 1.54) is 6.07 Å². The second kappa shape index (κ2) is 5.08. The van der Waals surface area contributed by atoms with E-state index < -0.39 is 0 Å². The molecule has 0 bridgehead atoms. The van der Waals surface area contributed by atoms with E-state index in [0.29, 0.717) is 5.39 Å². The van der Waals surface area contributed by atoms with Gasteiger partial charge in [0.25, 0.3) is 0 Å². The highest BCUT2D eigenvalue weighted by molar-refractivity contribution is 5.86. The van der Waals surface area contributed by atoms with Crippen LogP contribution >= 0.6 is 0 Å². The monoisotopic (exact) mass is 218 g/mol. The van der Waals surface area contributed by atoms with E-state index in [0.717, 1.165) is 30.2 Å². The van der Waals surface area contributed by atoms with Crippen LogP contribution in [0.15, 0.2) is 36.4 Å². The Morgan fingerprint density at radius 1 is 0.938 bits per heavy atom. The van der Waals surface area contributed by atoms with Crippen molar-refractivity contribution in [2.75, 3.05) is 6.61 Å². The zero-order valence-electron chi connectivity index (χ0n) is 9.12. The van der Waals surface area contributed by atoms with E-state index in [2.05, 4.69) is 0 Å². The van der Waals surface area contributed by atoms with Crippen molar-refractivity contribution in [1.82, 2.24) is 0 Å². The molecule has 0 spiro atoms. The van der Waals surface area contributed by atoms with Gasteiger partial charge in [-0.15, -0.1) is 0 Å². The number of unbranched alkanes of at least 4 members (excludes halogenated alkanes) is 1. The Bertz CT molecular complexity index is 479. The number of aliphatic hydroxyl groups excluding tert-OH is 1. The topological polar surface area (TPSA) is 20.2 Å². The SMILES string of the molecule is OCCCCc1cccc2c(F)cccc12. The summed E-state index contributed by atoms with van der Waals surface area (Å²) in [5, 5.41) is 10.4. The normalized spacial score (nSPS) is 10.9. The second-order valence-electron chi connectivity index (χ2n) is 3.93. The number of benzene rings is 2. The molecular weight excluding hydrogens is 203 g/mol. The molecule has 2 heteroatoms. The van der Waals surface area contributed by atoms with Crippen LogP contribution < -0.4 is 0 Å². The fourth-order valence-corrected chi connectivity index (χ4v) is 1.98. The van der Waals surface area contributed by atoms with Crippen molar-refractivity contribution in [3.63, 3.8) is 0 Å². The summed E-state index contributed by atoms with van der Waals surface area (Å²) in [7, 11) is 0. The van der Waals surface area contributed by atoms with Crippen LogP contribution in [0.1, 0.15) is 18.4 Å². The predicted octanol–water partition coefficient (Wildman–Crippen LogP) is 3.29. The smallest absolute Gasteiger partial charge is 0.131 e. The Hall–Kier alpha value is -1.41. The molecule has 0 aliphatic carbocycles. The highest BCUT2D eigenvalue weighted by Gasteiger charge is 2.03. The van der Waals surface area contributed by atoms with Gasteiger partial charge in [-0.25, -0.2) is 4.39 Å². The molecule has 1 N–H and O–H groups in total. The molecule has 0 fully saturated rings. The first-order valence-electron chi connectivity index (χ1n) is 5.60. The lowest BCUT2D eigenvalue weighted by molar-refractivity contribution is 0.284. The van der Waals surface area contributed by atoms with Gasteiger partial charge >= 0.3 is 0 Å². The van der Waals surface area contributed by atoms with Crippen molar-refractivity contribution in [2.45, 2.75) is 19.3 Å². The number of rotatable bonds is 4. The van der Waals surface area contributed by atoms with E-state index in [4.69, 9.17) is 5.11 Å². The molecule has 2 aromatic rings. The summed E-state index contributed by atoms with van der Waals surface area (Å²) in [5.74, 6) is -0.165. The van der Waals surface area contributed by atoms with Crippen molar-refractivity contribution in [3.8, 4) is 0 Å². The molecule has 0 heterocycles. The second-order valence-corrected chi connectivity index (χ2v) is 3.93. The van der Waals surface area contributed by atoms with Crippen molar-refractivity contribution in [3.05, 3.63) is 47.8 Å². The minimum atomic E-state index is -0.165. The predicted molar refractivity (Wildman–Crippen MR) is 63.9 cm³/mol. The van der Waals surface area contributed by atoms with Crippen molar-refractivity contribution in [1.29, 1.82) is 0 Å². The molecule has 0 aromatic heterocycles. The number of aryl methyl sites for hydroxylation is 1. The highest BCUT2D eigenvalue weighted by Crippen LogP contribution is 2.22. The molecule has 2 rings (SSSR count). The van der Waals surface area contributed by atoms with Gasteiger partial charge in [0, 0.05) is 12.0 Å².